The number of aromatic nitrogens is 2. The van der Waals surface area contributed by atoms with E-state index in [1.807, 2.05) is 30.3 Å². The van der Waals surface area contributed by atoms with Crippen molar-refractivity contribution in [1.29, 1.82) is 0 Å². The summed E-state index contributed by atoms with van der Waals surface area (Å²) >= 11 is 5.94. The van der Waals surface area contributed by atoms with E-state index in [1.54, 1.807) is 23.0 Å². The zero-order valence-electron chi connectivity index (χ0n) is 14.6. The summed E-state index contributed by atoms with van der Waals surface area (Å²) in [6.07, 6.45) is 2.07. The van der Waals surface area contributed by atoms with Crippen LogP contribution in [0.1, 0.15) is 29.0 Å². The van der Waals surface area contributed by atoms with Crippen LogP contribution in [-0.2, 0) is 11.3 Å². The zero-order valence-corrected chi connectivity index (χ0v) is 15.4. The lowest BCUT2D eigenvalue weighted by molar-refractivity contribution is -0.116. The van der Waals surface area contributed by atoms with E-state index in [2.05, 4.69) is 10.4 Å². The Bertz CT molecular complexity index is 998. The van der Waals surface area contributed by atoms with Crippen molar-refractivity contribution in [1.82, 2.24) is 9.78 Å². The lowest BCUT2D eigenvalue weighted by atomic mass is 9.87. The maximum Gasteiger partial charge on any atom is 0.226 e. The molecule has 0 fully saturated rings. The highest BCUT2D eigenvalue weighted by Gasteiger charge is 2.30. The average Bonchev–Trinajstić information content (AvgIpc) is 3.05. The van der Waals surface area contributed by atoms with Gasteiger partial charge in [-0.25, -0.2) is 4.68 Å². The molecule has 0 saturated carbocycles. The third-order valence-electron chi connectivity index (χ3n) is 4.74. The molecule has 0 aliphatic carbocycles. The number of amides is 1. The van der Waals surface area contributed by atoms with E-state index in [9.17, 15) is 9.90 Å². The molecule has 0 saturated heterocycles. The number of methoxy groups -OCH3 is 1. The summed E-state index contributed by atoms with van der Waals surface area (Å²) in [5, 5.41) is 18.2. The fourth-order valence-electron chi connectivity index (χ4n) is 3.37. The molecule has 0 bridgehead atoms. The quantitative estimate of drug-likeness (QED) is 0.719. The molecule has 0 radical (unpaired) electrons. The van der Waals surface area contributed by atoms with Crippen LogP contribution in [0.25, 0.3) is 0 Å². The van der Waals surface area contributed by atoms with Crippen LogP contribution in [-0.4, -0.2) is 27.9 Å². The summed E-state index contributed by atoms with van der Waals surface area (Å²) in [5.41, 5.74) is 2.80. The maximum atomic E-state index is 12.3. The van der Waals surface area contributed by atoms with Crippen molar-refractivity contribution in [3.05, 3.63) is 70.4 Å². The highest BCUT2D eigenvalue weighted by Crippen LogP contribution is 2.39. The summed E-state index contributed by atoms with van der Waals surface area (Å²) in [6, 6.07) is 12.7. The predicted molar refractivity (Wildman–Crippen MR) is 103 cm³/mol. The summed E-state index contributed by atoms with van der Waals surface area (Å²) < 4.78 is 6.87. The number of carbonyl (C=O) groups is 1. The summed E-state index contributed by atoms with van der Waals surface area (Å²) in [6.45, 7) is 0.521. The number of phenolic OH excluding ortho intramolecular Hbond substituents is 1. The van der Waals surface area contributed by atoms with E-state index >= 15 is 0 Å². The summed E-state index contributed by atoms with van der Waals surface area (Å²) in [5.74, 6) is 0.875. The third kappa shape index (κ3) is 3.36. The van der Waals surface area contributed by atoms with Gasteiger partial charge in [-0.05, 0) is 35.4 Å². The number of aromatic hydroxyl groups is 1. The van der Waals surface area contributed by atoms with Crippen molar-refractivity contribution in [3.8, 4) is 11.5 Å². The van der Waals surface area contributed by atoms with E-state index in [1.165, 1.54) is 7.11 Å². The molecule has 0 unspecified atom stereocenters. The Balaban J connectivity index is 1.69. The molecule has 0 spiro atoms. The minimum absolute atomic E-state index is 0.0519. The maximum absolute atomic E-state index is 12.3. The molecule has 2 aromatic carbocycles. The van der Waals surface area contributed by atoms with Gasteiger partial charge in [0.15, 0.2) is 11.5 Å². The van der Waals surface area contributed by atoms with Gasteiger partial charge < -0.3 is 15.2 Å². The lowest BCUT2D eigenvalue weighted by Crippen LogP contribution is -2.25. The van der Waals surface area contributed by atoms with Crippen LogP contribution in [0.4, 0.5) is 5.82 Å². The third-order valence-corrected chi connectivity index (χ3v) is 4.99. The molecule has 27 heavy (non-hydrogen) atoms. The van der Waals surface area contributed by atoms with Gasteiger partial charge in [0.1, 0.15) is 5.82 Å². The molecular formula is C20H18ClN3O3. The molecule has 1 aliphatic rings. The van der Waals surface area contributed by atoms with E-state index in [0.717, 1.165) is 16.7 Å². The number of rotatable bonds is 4. The molecule has 7 heteroatoms. The Labute approximate surface area is 161 Å². The molecule has 4 rings (SSSR count). The van der Waals surface area contributed by atoms with E-state index in [4.69, 9.17) is 16.3 Å². The van der Waals surface area contributed by atoms with Crippen LogP contribution >= 0.6 is 11.6 Å². The standard InChI is InChI=1S/C20H18ClN3O3/c1-27-18-7-4-13(8-17(18)25)15-9-19(26)23-20-16(15)10-22-24(20)11-12-2-5-14(21)6-3-12/h2-8,10,15,25H,9,11H2,1H3,(H,23,26)/t15-/m1/s1. The first-order chi connectivity index (χ1) is 13.0. The number of anilines is 1. The SMILES string of the molecule is COc1ccc([C@H]2CC(=O)Nc3c2cnn3Cc2ccc(Cl)cc2)cc1O. The van der Waals surface area contributed by atoms with Gasteiger partial charge in [0.05, 0.1) is 19.9 Å². The zero-order chi connectivity index (χ0) is 19.0. The minimum Gasteiger partial charge on any atom is -0.504 e. The van der Waals surface area contributed by atoms with Gasteiger partial charge in [-0.15, -0.1) is 0 Å². The first-order valence-electron chi connectivity index (χ1n) is 8.52. The van der Waals surface area contributed by atoms with Gasteiger partial charge in [-0.2, -0.15) is 5.10 Å². The van der Waals surface area contributed by atoms with Crippen LogP contribution in [0, 0.1) is 0 Å². The molecule has 6 nitrogen and oxygen atoms in total. The first-order valence-corrected chi connectivity index (χ1v) is 8.90. The largest absolute Gasteiger partial charge is 0.504 e. The highest BCUT2D eigenvalue weighted by atomic mass is 35.5. The average molecular weight is 384 g/mol. The Morgan fingerprint density at radius 1 is 1.30 bits per heavy atom. The number of fused-ring (bicyclic) bond motifs is 1. The van der Waals surface area contributed by atoms with E-state index in [-0.39, 0.29) is 17.6 Å². The number of ether oxygens (including phenoxy) is 1. The smallest absolute Gasteiger partial charge is 0.226 e. The number of hydrogen-bond acceptors (Lipinski definition) is 4. The topological polar surface area (TPSA) is 76.4 Å². The fourth-order valence-corrected chi connectivity index (χ4v) is 3.50. The van der Waals surface area contributed by atoms with Crippen molar-refractivity contribution in [2.45, 2.75) is 18.9 Å². The number of benzene rings is 2. The lowest BCUT2D eigenvalue weighted by Gasteiger charge is -2.24. The Hall–Kier alpha value is -2.99. The predicted octanol–water partition coefficient (Wildman–Crippen LogP) is 3.77. The van der Waals surface area contributed by atoms with Gasteiger partial charge in [0, 0.05) is 22.9 Å². The van der Waals surface area contributed by atoms with Crippen LogP contribution in [0.15, 0.2) is 48.7 Å². The second-order valence-electron chi connectivity index (χ2n) is 6.47. The molecule has 1 amide bonds. The Morgan fingerprint density at radius 3 is 2.78 bits per heavy atom. The summed E-state index contributed by atoms with van der Waals surface area (Å²) in [7, 11) is 1.50. The number of carbonyl (C=O) groups excluding carboxylic acids is 1. The van der Waals surface area contributed by atoms with E-state index in [0.29, 0.717) is 29.6 Å². The molecular weight excluding hydrogens is 366 g/mol. The minimum atomic E-state index is -0.176. The second-order valence-corrected chi connectivity index (χ2v) is 6.91. The normalized spacial score (nSPS) is 15.9. The van der Waals surface area contributed by atoms with Gasteiger partial charge in [0.25, 0.3) is 0 Å². The first kappa shape index (κ1) is 17.4. The molecule has 2 heterocycles. The van der Waals surface area contributed by atoms with Gasteiger partial charge >= 0.3 is 0 Å². The monoisotopic (exact) mass is 383 g/mol. The van der Waals surface area contributed by atoms with Crippen molar-refractivity contribution in [2.75, 3.05) is 12.4 Å². The van der Waals surface area contributed by atoms with Crippen molar-refractivity contribution in [3.63, 3.8) is 0 Å². The summed E-state index contributed by atoms with van der Waals surface area (Å²) in [4.78, 5) is 12.3. The molecule has 1 aromatic heterocycles. The van der Waals surface area contributed by atoms with Gasteiger partial charge in [0.2, 0.25) is 5.91 Å². The van der Waals surface area contributed by atoms with Gasteiger partial charge in [-0.3, -0.25) is 4.79 Å². The van der Waals surface area contributed by atoms with Gasteiger partial charge in [-0.1, -0.05) is 29.8 Å². The fraction of sp³-hybridized carbons (Fsp3) is 0.200. The molecule has 3 aromatic rings. The molecule has 1 atom stereocenters. The van der Waals surface area contributed by atoms with Crippen LogP contribution in [0.3, 0.4) is 0 Å². The van der Waals surface area contributed by atoms with Crippen LogP contribution < -0.4 is 10.1 Å². The Morgan fingerprint density at radius 2 is 2.07 bits per heavy atom. The second kappa shape index (κ2) is 6.96. The number of nitrogens with zero attached hydrogens (tertiary/aromatic N) is 2. The number of phenols is 1. The Kier molecular flexibility index (Phi) is 4.49. The van der Waals surface area contributed by atoms with Crippen molar-refractivity contribution >= 4 is 23.3 Å². The molecule has 138 valence electrons. The number of halogens is 1. The van der Waals surface area contributed by atoms with Crippen LogP contribution in [0.5, 0.6) is 11.5 Å². The number of nitrogens with one attached hydrogen (secondary N) is 1. The van der Waals surface area contributed by atoms with Crippen LogP contribution in [0.2, 0.25) is 5.02 Å². The van der Waals surface area contributed by atoms with E-state index < -0.39 is 0 Å². The molecule has 1 aliphatic heterocycles. The van der Waals surface area contributed by atoms with Crippen molar-refractivity contribution in [2.24, 2.45) is 0 Å². The molecule has 2 N–H and O–H groups in total. The highest BCUT2D eigenvalue weighted by molar-refractivity contribution is 6.30. The van der Waals surface area contributed by atoms with Crippen molar-refractivity contribution < 1.29 is 14.6 Å². The number of hydrogen-bond donors (Lipinski definition) is 2.